The highest BCUT2D eigenvalue weighted by molar-refractivity contribution is 5.87. The van der Waals surface area contributed by atoms with Crippen LogP contribution in [0.5, 0.6) is 0 Å². The molecule has 2 aromatic carbocycles. The molecule has 3 aromatic rings. The van der Waals surface area contributed by atoms with Crippen molar-refractivity contribution in [2.24, 2.45) is 5.41 Å². The Labute approximate surface area is 147 Å². The van der Waals surface area contributed by atoms with Gasteiger partial charge in [0.05, 0.1) is 5.69 Å². The standard InChI is InChI=1S/C21H22N2O2/c1-21(2,3)14-23(20(24)25)18-10-8-15(9-11-18)19-12-16-6-4-5-7-17(16)13-22-19/h4-13H,14H2,1-3H3,(H,24,25). The molecule has 4 nitrogen and oxygen atoms in total. The molecular weight excluding hydrogens is 312 g/mol. The van der Waals surface area contributed by atoms with Gasteiger partial charge in [-0.05, 0) is 29.0 Å². The Kier molecular flexibility index (Phi) is 4.45. The first-order valence-electron chi connectivity index (χ1n) is 8.29. The van der Waals surface area contributed by atoms with E-state index in [-0.39, 0.29) is 5.41 Å². The average Bonchev–Trinajstić information content (AvgIpc) is 2.58. The van der Waals surface area contributed by atoms with E-state index in [0.29, 0.717) is 12.2 Å². The van der Waals surface area contributed by atoms with Crippen LogP contribution in [0.25, 0.3) is 22.0 Å². The molecule has 1 N–H and O–H groups in total. The van der Waals surface area contributed by atoms with Crippen LogP contribution in [0.3, 0.4) is 0 Å². The number of carboxylic acid groups (broad SMARTS) is 1. The van der Waals surface area contributed by atoms with Crippen LogP contribution in [-0.4, -0.2) is 22.7 Å². The molecule has 0 radical (unpaired) electrons. The summed E-state index contributed by atoms with van der Waals surface area (Å²) in [5, 5.41) is 11.7. The number of carbonyl (C=O) groups is 1. The van der Waals surface area contributed by atoms with E-state index in [0.717, 1.165) is 22.0 Å². The van der Waals surface area contributed by atoms with Gasteiger partial charge in [0.15, 0.2) is 0 Å². The number of benzene rings is 2. The molecule has 25 heavy (non-hydrogen) atoms. The summed E-state index contributed by atoms with van der Waals surface area (Å²) in [7, 11) is 0. The van der Waals surface area contributed by atoms with Gasteiger partial charge in [-0.2, -0.15) is 0 Å². The molecule has 1 amide bonds. The Bertz CT molecular complexity index is 896. The third-order valence-electron chi connectivity index (χ3n) is 3.97. The lowest BCUT2D eigenvalue weighted by molar-refractivity contribution is 0.198. The summed E-state index contributed by atoms with van der Waals surface area (Å²) in [6.45, 7) is 6.51. The number of aromatic nitrogens is 1. The molecule has 0 aliphatic rings. The number of rotatable bonds is 3. The van der Waals surface area contributed by atoms with Gasteiger partial charge < -0.3 is 5.11 Å². The van der Waals surface area contributed by atoms with Gasteiger partial charge in [0.2, 0.25) is 0 Å². The largest absolute Gasteiger partial charge is 0.465 e. The SMILES string of the molecule is CC(C)(C)CN(C(=O)O)c1ccc(-c2cc3ccccc3cn2)cc1. The topological polar surface area (TPSA) is 53.4 Å². The van der Waals surface area contributed by atoms with E-state index < -0.39 is 6.09 Å². The number of hydrogen-bond acceptors (Lipinski definition) is 2. The van der Waals surface area contributed by atoms with E-state index in [1.165, 1.54) is 4.90 Å². The minimum atomic E-state index is -0.938. The molecule has 0 aliphatic carbocycles. The van der Waals surface area contributed by atoms with Crippen LogP contribution in [0.4, 0.5) is 10.5 Å². The average molecular weight is 334 g/mol. The van der Waals surface area contributed by atoms with Crippen molar-refractivity contribution in [2.75, 3.05) is 11.4 Å². The summed E-state index contributed by atoms with van der Waals surface area (Å²) in [5.41, 5.74) is 2.40. The summed E-state index contributed by atoms with van der Waals surface area (Å²) >= 11 is 0. The monoisotopic (exact) mass is 334 g/mol. The Morgan fingerprint density at radius 1 is 1.04 bits per heavy atom. The third kappa shape index (κ3) is 3.97. The number of anilines is 1. The predicted octanol–water partition coefficient (Wildman–Crippen LogP) is 5.43. The van der Waals surface area contributed by atoms with Crippen LogP contribution in [0, 0.1) is 5.41 Å². The van der Waals surface area contributed by atoms with E-state index in [4.69, 9.17) is 0 Å². The second kappa shape index (κ2) is 6.55. The lowest BCUT2D eigenvalue weighted by atomic mass is 9.96. The Hall–Kier alpha value is -2.88. The maximum absolute atomic E-state index is 11.6. The zero-order valence-electron chi connectivity index (χ0n) is 14.7. The van der Waals surface area contributed by atoms with E-state index in [2.05, 4.69) is 17.1 Å². The van der Waals surface area contributed by atoms with Crippen LogP contribution in [0.15, 0.2) is 60.8 Å². The number of hydrogen-bond donors (Lipinski definition) is 1. The van der Waals surface area contributed by atoms with Gasteiger partial charge in [0.1, 0.15) is 0 Å². The van der Waals surface area contributed by atoms with Crippen molar-refractivity contribution < 1.29 is 9.90 Å². The molecule has 0 bridgehead atoms. The molecule has 0 atom stereocenters. The lowest BCUT2D eigenvalue weighted by Crippen LogP contribution is -2.36. The van der Waals surface area contributed by atoms with Crippen molar-refractivity contribution in [3.8, 4) is 11.3 Å². The van der Waals surface area contributed by atoms with Crippen molar-refractivity contribution in [3.05, 3.63) is 60.8 Å². The van der Waals surface area contributed by atoms with Gasteiger partial charge in [0, 0.05) is 29.4 Å². The predicted molar refractivity (Wildman–Crippen MR) is 102 cm³/mol. The lowest BCUT2D eigenvalue weighted by Gasteiger charge is -2.27. The molecule has 1 aromatic heterocycles. The second-order valence-electron chi connectivity index (χ2n) is 7.39. The van der Waals surface area contributed by atoms with Crippen LogP contribution in [0.2, 0.25) is 0 Å². The van der Waals surface area contributed by atoms with Crippen LogP contribution in [0.1, 0.15) is 20.8 Å². The molecule has 1 heterocycles. The quantitative estimate of drug-likeness (QED) is 0.694. The molecular formula is C21H22N2O2. The molecule has 0 saturated carbocycles. The fourth-order valence-corrected chi connectivity index (χ4v) is 2.80. The van der Waals surface area contributed by atoms with Gasteiger partial charge in [-0.15, -0.1) is 0 Å². The van der Waals surface area contributed by atoms with Crippen molar-refractivity contribution in [1.82, 2.24) is 4.98 Å². The Morgan fingerprint density at radius 2 is 1.68 bits per heavy atom. The fourth-order valence-electron chi connectivity index (χ4n) is 2.80. The van der Waals surface area contributed by atoms with E-state index in [1.807, 2.05) is 69.4 Å². The first kappa shape index (κ1) is 17.0. The van der Waals surface area contributed by atoms with Crippen molar-refractivity contribution in [1.29, 1.82) is 0 Å². The number of nitrogens with zero attached hydrogens (tertiary/aromatic N) is 2. The molecule has 0 aliphatic heterocycles. The Balaban J connectivity index is 1.91. The zero-order valence-corrected chi connectivity index (χ0v) is 14.7. The number of pyridine rings is 1. The highest BCUT2D eigenvalue weighted by Gasteiger charge is 2.22. The van der Waals surface area contributed by atoms with Crippen molar-refractivity contribution in [3.63, 3.8) is 0 Å². The van der Waals surface area contributed by atoms with Crippen LogP contribution < -0.4 is 4.90 Å². The highest BCUT2D eigenvalue weighted by atomic mass is 16.4. The zero-order chi connectivity index (χ0) is 18.0. The molecule has 4 heteroatoms. The van der Waals surface area contributed by atoms with Gasteiger partial charge >= 0.3 is 6.09 Å². The summed E-state index contributed by atoms with van der Waals surface area (Å²) in [6, 6.07) is 17.7. The summed E-state index contributed by atoms with van der Waals surface area (Å²) < 4.78 is 0. The summed E-state index contributed by atoms with van der Waals surface area (Å²) in [4.78, 5) is 17.5. The molecule has 0 fully saturated rings. The molecule has 0 spiro atoms. The van der Waals surface area contributed by atoms with Gasteiger partial charge in [-0.25, -0.2) is 4.79 Å². The maximum Gasteiger partial charge on any atom is 0.411 e. The molecule has 0 saturated heterocycles. The smallest absolute Gasteiger partial charge is 0.411 e. The van der Waals surface area contributed by atoms with Crippen LogP contribution in [-0.2, 0) is 0 Å². The number of fused-ring (bicyclic) bond motifs is 1. The number of amides is 1. The van der Waals surface area contributed by atoms with Crippen LogP contribution >= 0.6 is 0 Å². The Morgan fingerprint density at radius 3 is 2.28 bits per heavy atom. The maximum atomic E-state index is 11.6. The first-order chi connectivity index (χ1) is 11.8. The summed E-state index contributed by atoms with van der Waals surface area (Å²) in [6.07, 6.45) is 0.924. The van der Waals surface area contributed by atoms with E-state index in [1.54, 1.807) is 0 Å². The molecule has 128 valence electrons. The summed E-state index contributed by atoms with van der Waals surface area (Å²) in [5.74, 6) is 0. The molecule has 0 unspecified atom stereocenters. The second-order valence-corrected chi connectivity index (χ2v) is 7.39. The highest BCUT2D eigenvalue weighted by Crippen LogP contribution is 2.26. The van der Waals surface area contributed by atoms with Gasteiger partial charge in [-0.3, -0.25) is 9.88 Å². The van der Waals surface area contributed by atoms with Gasteiger partial charge in [-0.1, -0.05) is 57.2 Å². The van der Waals surface area contributed by atoms with E-state index in [9.17, 15) is 9.90 Å². The van der Waals surface area contributed by atoms with Crippen molar-refractivity contribution >= 4 is 22.6 Å². The van der Waals surface area contributed by atoms with E-state index >= 15 is 0 Å². The third-order valence-corrected chi connectivity index (χ3v) is 3.97. The normalized spacial score (nSPS) is 11.5. The van der Waals surface area contributed by atoms with Crippen molar-refractivity contribution in [2.45, 2.75) is 20.8 Å². The minimum Gasteiger partial charge on any atom is -0.465 e. The van der Waals surface area contributed by atoms with Gasteiger partial charge in [0.25, 0.3) is 0 Å². The minimum absolute atomic E-state index is 0.114. The fraction of sp³-hybridized carbons (Fsp3) is 0.238. The molecule has 3 rings (SSSR count). The first-order valence-corrected chi connectivity index (χ1v) is 8.29.